The van der Waals surface area contributed by atoms with Crippen molar-refractivity contribution in [1.29, 1.82) is 0 Å². The molecule has 1 unspecified atom stereocenters. The van der Waals surface area contributed by atoms with E-state index < -0.39 is 0 Å². The molecule has 1 heterocycles. The summed E-state index contributed by atoms with van der Waals surface area (Å²) in [5.41, 5.74) is 2.59. The monoisotopic (exact) mass is 279 g/mol. The molecule has 0 saturated carbocycles. The first-order valence-electron chi connectivity index (χ1n) is 7.01. The topological polar surface area (TPSA) is 29.5 Å². The molecule has 3 heteroatoms. The van der Waals surface area contributed by atoms with Crippen LogP contribution in [0.1, 0.15) is 29.3 Å². The molecule has 106 valence electrons. The van der Waals surface area contributed by atoms with Gasteiger partial charge in [-0.05, 0) is 49.2 Å². The summed E-state index contributed by atoms with van der Waals surface area (Å²) in [7, 11) is 1.62. The van der Waals surface area contributed by atoms with Crippen LogP contribution in [-0.2, 0) is 0 Å². The van der Waals surface area contributed by atoms with Crippen LogP contribution in [0.2, 0.25) is 0 Å². The molecule has 1 atom stereocenters. The van der Waals surface area contributed by atoms with Gasteiger partial charge in [0.25, 0.3) is 5.91 Å². The highest BCUT2D eigenvalue weighted by atomic mass is 16.5. The molecule has 0 saturated heterocycles. The first-order chi connectivity index (χ1) is 10.2. The highest BCUT2D eigenvalue weighted by molar-refractivity contribution is 6.07. The number of hydrogen-bond donors (Lipinski definition) is 0. The van der Waals surface area contributed by atoms with Crippen molar-refractivity contribution in [3.8, 4) is 5.75 Å². The minimum atomic E-state index is 0.0131. The Bertz CT molecular complexity index is 649. The molecule has 3 rings (SSSR count). The molecule has 21 heavy (non-hydrogen) atoms. The van der Waals surface area contributed by atoms with E-state index in [2.05, 4.69) is 6.42 Å². The summed E-state index contributed by atoms with van der Waals surface area (Å²) in [6.07, 6.45) is 4.10. The second-order valence-corrected chi connectivity index (χ2v) is 5.15. The molecule has 1 aliphatic heterocycles. The molecule has 1 aliphatic rings. The van der Waals surface area contributed by atoms with Gasteiger partial charge in [0.2, 0.25) is 0 Å². The molecule has 0 N–H and O–H groups in total. The predicted octanol–water partition coefficient (Wildman–Crippen LogP) is 3.56. The van der Waals surface area contributed by atoms with Gasteiger partial charge in [-0.3, -0.25) is 4.79 Å². The normalized spacial score (nSPS) is 17.2. The first kappa shape index (κ1) is 13.7. The third-order valence-electron chi connectivity index (χ3n) is 3.75. The average molecular weight is 279 g/mol. The predicted molar refractivity (Wildman–Crippen MR) is 82.7 cm³/mol. The number of anilines is 1. The fourth-order valence-electron chi connectivity index (χ4n) is 2.60. The summed E-state index contributed by atoms with van der Waals surface area (Å²) in [6.45, 7) is 2.05. The summed E-state index contributed by atoms with van der Waals surface area (Å²) in [6, 6.07) is 15.2. The summed E-state index contributed by atoms with van der Waals surface area (Å²) >= 11 is 0. The molecule has 2 aromatic carbocycles. The number of rotatable bonds is 2. The Hall–Kier alpha value is -2.29. The van der Waals surface area contributed by atoms with Crippen molar-refractivity contribution in [3.05, 3.63) is 66.1 Å². The van der Waals surface area contributed by atoms with Gasteiger partial charge >= 0.3 is 0 Å². The maximum atomic E-state index is 12.8. The van der Waals surface area contributed by atoms with Crippen LogP contribution in [0.3, 0.4) is 0 Å². The van der Waals surface area contributed by atoms with E-state index in [1.807, 2.05) is 48.2 Å². The van der Waals surface area contributed by atoms with E-state index in [4.69, 9.17) is 4.74 Å². The smallest absolute Gasteiger partial charge is 0.258 e. The zero-order valence-corrected chi connectivity index (χ0v) is 12.2. The lowest BCUT2D eigenvalue weighted by Crippen LogP contribution is -2.41. The van der Waals surface area contributed by atoms with E-state index in [0.717, 1.165) is 23.4 Å². The Morgan fingerprint density at radius 2 is 1.90 bits per heavy atom. The van der Waals surface area contributed by atoms with Gasteiger partial charge < -0.3 is 9.64 Å². The quantitative estimate of drug-likeness (QED) is 0.841. The second kappa shape index (κ2) is 5.60. The number of nitrogens with zero attached hydrogens (tertiary/aromatic N) is 1. The van der Waals surface area contributed by atoms with E-state index in [0.29, 0.717) is 5.56 Å². The molecule has 0 bridgehead atoms. The number of carbonyl (C=O) groups is 1. The molecule has 0 aromatic heterocycles. The van der Waals surface area contributed by atoms with E-state index in [1.165, 1.54) is 0 Å². The number of carbonyl (C=O) groups excluding carboxylic acids is 1. The molecule has 1 amide bonds. The zero-order valence-electron chi connectivity index (χ0n) is 12.2. The molecular formula is C18H17NO2. The largest absolute Gasteiger partial charge is 0.497 e. The Morgan fingerprint density at radius 1 is 1.19 bits per heavy atom. The lowest BCUT2D eigenvalue weighted by atomic mass is 9.96. The van der Waals surface area contributed by atoms with E-state index >= 15 is 0 Å². The minimum Gasteiger partial charge on any atom is -0.497 e. The van der Waals surface area contributed by atoms with Crippen molar-refractivity contribution < 1.29 is 9.53 Å². The second-order valence-electron chi connectivity index (χ2n) is 5.15. The molecular weight excluding hydrogens is 262 g/mol. The number of para-hydroxylation sites is 1. The van der Waals surface area contributed by atoms with Crippen molar-refractivity contribution in [2.24, 2.45) is 0 Å². The van der Waals surface area contributed by atoms with E-state index in [9.17, 15) is 4.79 Å². The van der Waals surface area contributed by atoms with Crippen molar-refractivity contribution in [2.75, 3.05) is 12.0 Å². The first-order valence-corrected chi connectivity index (χ1v) is 7.01. The average Bonchev–Trinajstić information content (AvgIpc) is 2.54. The number of fused-ring (bicyclic) bond motifs is 1. The van der Waals surface area contributed by atoms with E-state index in [-0.39, 0.29) is 11.9 Å². The van der Waals surface area contributed by atoms with E-state index in [1.54, 1.807) is 19.2 Å². The van der Waals surface area contributed by atoms with Gasteiger partial charge in [0, 0.05) is 23.7 Å². The van der Waals surface area contributed by atoms with Crippen LogP contribution >= 0.6 is 0 Å². The zero-order chi connectivity index (χ0) is 14.8. The van der Waals surface area contributed by atoms with Crippen LogP contribution in [0, 0.1) is 6.42 Å². The fraction of sp³-hybridized carbons (Fsp3) is 0.222. The van der Waals surface area contributed by atoms with Gasteiger partial charge in [0.15, 0.2) is 0 Å². The van der Waals surface area contributed by atoms with Gasteiger partial charge in [-0.25, -0.2) is 0 Å². The van der Waals surface area contributed by atoms with Gasteiger partial charge in [-0.15, -0.1) is 0 Å². The number of benzene rings is 2. The minimum absolute atomic E-state index is 0.0131. The standard InChI is InChI=1S/C18H17NO2/c1-13-7-8-14-5-3-4-6-17(14)19(13)18(20)15-9-11-16(21-2)12-10-15/h3-6,9-13H,7H2,1-2H3. The van der Waals surface area contributed by atoms with Gasteiger partial charge in [0.05, 0.1) is 7.11 Å². The molecule has 3 nitrogen and oxygen atoms in total. The number of amides is 1. The Kier molecular flexibility index (Phi) is 3.65. The number of methoxy groups -OCH3 is 1. The lowest BCUT2D eigenvalue weighted by Gasteiger charge is -2.35. The van der Waals surface area contributed by atoms with Gasteiger partial charge in [-0.2, -0.15) is 0 Å². The Morgan fingerprint density at radius 3 is 2.62 bits per heavy atom. The molecule has 0 spiro atoms. The number of hydrogen-bond acceptors (Lipinski definition) is 2. The van der Waals surface area contributed by atoms with Gasteiger partial charge in [-0.1, -0.05) is 18.2 Å². The van der Waals surface area contributed by atoms with Crippen LogP contribution in [0.25, 0.3) is 0 Å². The Labute approximate surface area is 125 Å². The molecule has 2 aromatic rings. The van der Waals surface area contributed by atoms with Crippen molar-refractivity contribution in [2.45, 2.75) is 19.4 Å². The molecule has 0 fully saturated rings. The van der Waals surface area contributed by atoms with Crippen LogP contribution in [0.5, 0.6) is 5.75 Å². The SMILES string of the molecule is COc1ccc(C(=O)N2c3ccccc3[C]CC2C)cc1. The van der Waals surface area contributed by atoms with Crippen molar-refractivity contribution >= 4 is 11.6 Å². The highest BCUT2D eigenvalue weighted by Gasteiger charge is 2.28. The Balaban J connectivity index is 1.96. The third kappa shape index (κ3) is 2.51. The maximum Gasteiger partial charge on any atom is 0.258 e. The summed E-state index contributed by atoms with van der Waals surface area (Å²) in [5, 5.41) is 0. The molecule has 2 radical (unpaired) electrons. The fourth-order valence-corrected chi connectivity index (χ4v) is 2.60. The lowest BCUT2D eigenvalue weighted by molar-refractivity contribution is 0.0977. The van der Waals surface area contributed by atoms with Crippen LogP contribution in [0.15, 0.2) is 48.5 Å². The van der Waals surface area contributed by atoms with Crippen LogP contribution in [0.4, 0.5) is 5.69 Å². The van der Waals surface area contributed by atoms with Gasteiger partial charge in [0.1, 0.15) is 5.75 Å². The number of ether oxygens (including phenoxy) is 1. The van der Waals surface area contributed by atoms with Crippen molar-refractivity contribution in [1.82, 2.24) is 0 Å². The summed E-state index contributed by atoms with van der Waals surface area (Å²) < 4.78 is 5.14. The maximum absolute atomic E-state index is 12.8. The highest BCUT2D eigenvalue weighted by Crippen LogP contribution is 2.32. The third-order valence-corrected chi connectivity index (χ3v) is 3.75. The van der Waals surface area contributed by atoms with Crippen LogP contribution < -0.4 is 9.64 Å². The van der Waals surface area contributed by atoms with Crippen LogP contribution in [-0.4, -0.2) is 19.1 Å². The summed E-state index contributed by atoms with van der Waals surface area (Å²) in [4.78, 5) is 14.7. The molecule has 0 aliphatic carbocycles. The van der Waals surface area contributed by atoms with Crippen molar-refractivity contribution in [3.63, 3.8) is 0 Å². The summed E-state index contributed by atoms with van der Waals surface area (Å²) in [5.74, 6) is 0.763.